The molecule has 2 rings (SSSR count). The van der Waals surface area contributed by atoms with Gasteiger partial charge in [0.05, 0.1) is 0 Å². The SMILES string of the molecule is CNCc1ccc(NC(=O)Nc2ccc(F)cc2)cc1. The van der Waals surface area contributed by atoms with Crippen molar-refractivity contribution in [3.63, 3.8) is 0 Å². The van der Waals surface area contributed by atoms with Crippen LogP contribution in [0.5, 0.6) is 0 Å². The van der Waals surface area contributed by atoms with Crippen LogP contribution < -0.4 is 16.0 Å². The molecule has 0 bridgehead atoms. The van der Waals surface area contributed by atoms with E-state index >= 15 is 0 Å². The van der Waals surface area contributed by atoms with E-state index in [1.165, 1.54) is 24.3 Å². The summed E-state index contributed by atoms with van der Waals surface area (Å²) in [5.41, 5.74) is 2.37. The fraction of sp³-hybridized carbons (Fsp3) is 0.133. The molecule has 20 heavy (non-hydrogen) atoms. The molecule has 104 valence electrons. The Labute approximate surface area is 117 Å². The molecule has 0 spiro atoms. The van der Waals surface area contributed by atoms with Gasteiger partial charge in [-0.25, -0.2) is 9.18 Å². The van der Waals surface area contributed by atoms with Crippen LogP contribution >= 0.6 is 0 Å². The van der Waals surface area contributed by atoms with E-state index in [1.54, 1.807) is 0 Å². The fourth-order valence-corrected chi connectivity index (χ4v) is 1.74. The number of halogens is 1. The zero-order valence-electron chi connectivity index (χ0n) is 11.1. The molecular formula is C15H16FN3O. The lowest BCUT2D eigenvalue weighted by atomic mass is 10.2. The molecule has 0 aliphatic rings. The molecule has 0 aliphatic heterocycles. The average Bonchev–Trinajstić information content (AvgIpc) is 2.44. The Kier molecular flexibility index (Phi) is 4.68. The van der Waals surface area contributed by atoms with Gasteiger partial charge in [0.25, 0.3) is 0 Å². The van der Waals surface area contributed by atoms with Crippen LogP contribution in [0.25, 0.3) is 0 Å². The summed E-state index contributed by atoms with van der Waals surface area (Å²) in [5, 5.41) is 8.39. The maximum Gasteiger partial charge on any atom is 0.323 e. The second-order valence-corrected chi connectivity index (χ2v) is 4.31. The van der Waals surface area contributed by atoms with Gasteiger partial charge in [-0.3, -0.25) is 0 Å². The zero-order valence-corrected chi connectivity index (χ0v) is 11.1. The number of benzene rings is 2. The number of hydrogen-bond donors (Lipinski definition) is 3. The molecule has 4 nitrogen and oxygen atoms in total. The Morgan fingerprint density at radius 3 is 1.95 bits per heavy atom. The standard InChI is InChI=1S/C15H16FN3O/c1-17-10-11-2-6-13(7-3-11)18-15(20)19-14-8-4-12(16)5-9-14/h2-9,17H,10H2,1H3,(H2,18,19,20). The summed E-state index contributed by atoms with van der Waals surface area (Å²) in [5.74, 6) is -0.337. The Hall–Kier alpha value is -2.40. The highest BCUT2D eigenvalue weighted by atomic mass is 19.1. The Morgan fingerprint density at radius 1 is 0.950 bits per heavy atom. The van der Waals surface area contributed by atoms with Crippen LogP contribution in [0.2, 0.25) is 0 Å². The normalized spacial score (nSPS) is 10.1. The van der Waals surface area contributed by atoms with Crippen molar-refractivity contribution in [1.29, 1.82) is 0 Å². The summed E-state index contributed by atoms with van der Waals surface area (Å²) in [6.07, 6.45) is 0. The first-order valence-electron chi connectivity index (χ1n) is 6.24. The highest BCUT2D eigenvalue weighted by Gasteiger charge is 2.02. The van der Waals surface area contributed by atoms with Crippen molar-refractivity contribution in [3.05, 3.63) is 59.9 Å². The molecule has 0 unspecified atom stereocenters. The molecule has 0 fully saturated rings. The van der Waals surface area contributed by atoms with Crippen molar-refractivity contribution >= 4 is 17.4 Å². The van der Waals surface area contributed by atoms with Crippen molar-refractivity contribution in [2.24, 2.45) is 0 Å². The molecule has 2 aromatic rings. The first-order valence-corrected chi connectivity index (χ1v) is 6.24. The number of hydrogen-bond acceptors (Lipinski definition) is 2. The van der Waals surface area contributed by atoms with E-state index in [2.05, 4.69) is 16.0 Å². The lowest BCUT2D eigenvalue weighted by molar-refractivity contribution is 0.262. The van der Waals surface area contributed by atoms with E-state index < -0.39 is 0 Å². The predicted molar refractivity (Wildman–Crippen MR) is 78.2 cm³/mol. The lowest BCUT2D eigenvalue weighted by Gasteiger charge is -2.08. The van der Waals surface area contributed by atoms with Crippen molar-refractivity contribution in [2.75, 3.05) is 17.7 Å². The summed E-state index contributed by atoms with van der Waals surface area (Å²) in [4.78, 5) is 11.7. The third-order valence-electron chi connectivity index (χ3n) is 2.69. The number of carbonyl (C=O) groups is 1. The molecule has 3 N–H and O–H groups in total. The van der Waals surface area contributed by atoms with Gasteiger partial charge in [-0.2, -0.15) is 0 Å². The highest BCUT2D eigenvalue weighted by Crippen LogP contribution is 2.12. The van der Waals surface area contributed by atoms with E-state index in [9.17, 15) is 9.18 Å². The van der Waals surface area contributed by atoms with Crippen molar-refractivity contribution in [3.8, 4) is 0 Å². The van der Waals surface area contributed by atoms with E-state index in [0.29, 0.717) is 11.4 Å². The third-order valence-corrected chi connectivity index (χ3v) is 2.69. The van der Waals surface area contributed by atoms with Crippen LogP contribution in [0.1, 0.15) is 5.56 Å². The number of rotatable bonds is 4. The molecule has 2 aromatic carbocycles. The molecule has 0 aromatic heterocycles. The minimum absolute atomic E-state index is 0.337. The second-order valence-electron chi connectivity index (χ2n) is 4.31. The smallest absolute Gasteiger partial charge is 0.316 e. The Morgan fingerprint density at radius 2 is 1.45 bits per heavy atom. The van der Waals surface area contributed by atoms with Crippen LogP contribution in [0, 0.1) is 5.82 Å². The van der Waals surface area contributed by atoms with Gasteiger partial charge >= 0.3 is 6.03 Å². The lowest BCUT2D eigenvalue weighted by Crippen LogP contribution is -2.19. The number of carbonyl (C=O) groups excluding carboxylic acids is 1. The Balaban J connectivity index is 1.92. The number of urea groups is 1. The first kappa shape index (κ1) is 14.0. The molecule has 0 atom stereocenters. The van der Waals surface area contributed by atoms with Gasteiger partial charge in [0.15, 0.2) is 0 Å². The number of amides is 2. The minimum atomic E-state index is -0.363. The highest BCUT2D eigenvalue weighted by molar-refractivity contribution is 5.99. The van der Waals surface area contributed by atoms with Gasteiger partial charge in [0, 0.05) is 17.9 Å². The quantitative estimate of drug-likeness (QED) is 0.801. The van der Waals surface area contributed by atoms with E-state index in [0.717, 1.165) is 12.1 Å². The molecule has 0 saturated heterocycles. The third kappa shape index (κ3) is 4.07. The van der Waals surface area contributed by atoms with E-state index in [-0.39, 0.29) is 11.8 Å². The van der Waals surface area contributed by atoms with E-state index in [1.807, 2.05) is 31.3 Å². The van der Waals surface area contributed by atoms with Crippen LogP contribution in [-0.2, 0) is 6.54 Å². The van der Waals surface area contributed by atoms with E-state index in [4.69, 9.17) is 0 Å². The fourth-order valence-electron chi connectivity index (χ4n) is 1.74. The zero-order chi connectivity index (χ0) is 14.4. The van der Waals surface area contributed by atoms with Crippen LogP contribution in [0.4, 0.5) is 20.6 Å². The Bertz CT molecular complexity index is 567. The molecule has 0 heterocycles. The molecule has 0 radical (unpaired) electrons. The molecule has 2 amide bonds. The summed E-state index contributed by atoms with van der Waals surface area (Å²) in [6, 6.07) is 12.8. The summed E-state index contributed by atoms with van der Waals surface area (Å²) in [6.45, 7) is 0.780. The van der Waals surface area contributed by atoms with Crippen LogP contribution in [-0.4, -0.2) is 13.1 Å². The largest absolute Gasteiger partial charge is 0.323 e. The van der Waals surface area contributed by atoms with Crippen LogP contribution in [0.15, 0.2) is 48.5 Å². The maximum absolute atomic E-state index is 12.7. The summed E-state index contributed by atoms with van der Waals surface area (Å²) in [7, 11) is 1.88. The van der Waals surface area contributed by atoms with Gasteiger partial charge < -0.3 is 16.0 Å². The average molecular weight is 273 g/mol. The predicted octanol–water partition coefficient (Wildman–Crippen LogP) is 3.19. The molecule has 5 heteroatoms. The first-order chi connectivity index (χ1) is 9.67. The maximum atomic E-state index is 12.7. The molecule has 0 saturated carbocycles. The van der Waals surface area contributed by atoms with Gasteiger partial charge in [0.1, 0.15) is 5.82 Å². The van der Waals surface area contributed by atoms with Crippen molar-refractivity contribution < 1.29 is 9.18 Å². The van der Waals surface area contributed by atoms with Crippen molar-refractivity contribution in [2.45, 2.75) is 6.54 Å². The number of nitrogens with one attached hydrogen (secondary N) is 3. The minimum Gasteiger partial charge on any atom is -0.316 e. The van der Waals surface area contributed by atoms with Crippen molar-refractivity contribution in [1.82, 2.24) is 5.32 Å². The monoisotopic (exact) mass is 273 g/mol. The van der Waals surface area contributed by atoms with Gasteiger partial charge in [-0.1, -0.05) is 12.1 Å². The van der Waals surface area contributed by atoms with Gasteiger partial charge in [-0.05, 0) is 49.0 Å². The summed E-state index contributed by atoms with van der Waals surface area (Å²) >= 11 is 0. The van der Waals surface area contributed by atoms with Gasteiger partial charge in [0.2, 0.25) is 0 Å². The van der Waals surface area contributed by atoms with Crippen LogP contribution in [0.3, 0.4) is 0 Å². The number of anilines is 2. The summed E-state index contributed by atoms with van der Waals surface area (Å²) < 4.78 is 12.7. The molecular weight excluding hydrogens is 257 g/mol. The molecule has 0 aliphatic carbocycles. The second kappa shape index (κ2) is 6.68. The van der Waals surface area contributed by atoms with Gasteiger partial charge in [-0.15, -0.1) is 0 Å². The topological polar surface area (TPSA) is 53.2 Å².